The van der Waals surface area contributed by atoms with Gasteiger partial charge in [-0.15, -0.1) is 11.3 Å². The van der Waals surface area contributed by atoms with Gasteiger partial charge in [0.1, 0.15) is 0 Å². The van der Waals surface area contributed by atoms with Gasteiger partial charge in [0.2, 0.25) is 0 Å². The highest BCUT2D eigenvalue weighted by molar-refractivity contribution is 7.17. The number of fused-ring (bicyclic) bond motifs is 1. The van der Waals surface area contributed by atoms with Crippen LogP contribution in [-0.4, -0.2) is 12.0 Å². The van der Waals surface area contributed by atoms with Gasteiger partial charge >= 0.3 is 0 Å². The number of aromatic nitrogens is 1. The molecule has 0 aliphatic heterocycles. The fourth-order valence-electron chi connectivity index (χ4n) is 1.93. The summed E-state index contributed by atoms with van der Waals surface area (Å²) in [6, 6.07) is 12.5. The number of rotatable bonds is 2. The van der Waals surface area contributed by atoms with Crippen molar-refractivity contribution in [1.82, 2.24) is 4.98 Å². The van der Waals surface area contributed by atoms with Gasteiger partial charge in [-0.2, -0.15) is 0 Å². The molecule has 0 saturated carbocycles. The Kier molecular flexibility index (Phi) is 2.53. The van der Waals surface area contributed by atoms with Crippen LogP contribution in [0.2, 0.25) is 0 Å². The molecule has 1 N–H and O–H groups in total. The molecule has 2 aromatic heterocycles. The number of nitrogens with zero attached hydrogens (tertiary/aromatic N) is 1. The summed E-state index contributed by atoms with van der Waals surface area (Å²) in [5.74, 6) is 0. The zero-order valence-electron chi connectivity index (χ0n) is 9.47. The van der Waals surface area contributed by atoms with Crippen molar-refractivity contribution in [3.8, 4) is 11.3 Å². The van der Waals surface area contributed by atoms with Crippen molar-refractivity contribution in [2.24, 2.45) is 0 Å². The lowest BCUT2D eigenvalue weighted by Gasteiger charge is -2.05. The first-order chi connectivity index (χ1) is 8.38. The highest BCUT2D eigenvalue weighted by Gasteiger charge is 2.06. The second-order valence-corrected chi connectivity index (χ2v) is 4.74. The fraction of sp³-hybridized carbons (Fsp3) is 0.0714. The summed E-state index contributed by atoms with van der Waals surface area (Å²) in [7, 11) is 1.92. The molecule has 17 heavy (non-hydrogen) atoms. The van der Waals surface area contributed by atoms with Crippen molar-refractivity contribution in [3.63, 3.8) is 0 Å². The van der Waals surface area contributed by atoms with Gasteiger partial charge in [-0.05, 0) is 29.0 Å². The molecule has 0 bridgehead atoms. The van der Waals surface area contributed by atoms with Crippen molar-refractivity contribution >= 4 is 27.1 Å². The predicted octanol–water partition coefficient (Wildman–Crippen LogP) is 4.01. The van der Waals surface area contributed by atoms with Gasteiger partial charge in [-0.1, -0.05) is 18.2 Å². The third-order valence-electron chi connectivity index (χ3n) is 2.80. The highest BCUT2D eigenvalue weighted by atomic mass is 32.1. The van der Waals surface area contributed by atoms with Crippen LogP contribution in [0.25, 0.3) is 21.3 Å². The van der Waals surface area contributed by atoms with Crippen LogP contribution >= 0.6 is 11.3 Å². The number of nitrogens with one attached hydrogen (secondary N) is 1. The lowest BCUT2D eigenvalue weighted by Crippen LogP contribution is -1.90. The Morgan fingerprint density at radius 2 is 2.12 bits per heavy atom. The third-order valence-corrected chi connectivity index (χ3v) is 3.77. The number of thiophene rings is 1. The minimum atomic E-state index is 1.02. The standard InChI is InChI=1S/C14H12N2S/c1-15-11-5-7-16-13(9-11)12-4-2-3-10-6-8-17-14(10)12/h2-9H,1H3,(H,15,16). The molecule has 0 spiro atoms. The molecule has 3 aromatic rings. The first-order valence-corrected chi connectivity index (χ1v) is 6.37. The van der Waals surface area contributed by atoms with E-state index < -0.39 is 0 Å². The second kappa shape index (κ2) is 4.18. The van der Waals surface area contributed by atoms with Gasteiger partial charge in [0.05, 0.1) is 5.69 Å². The minimum absolute atomic E-state index is 1.02. The molecule has 84 valence electrons. The largest absolute Gasteiger partial charge is 0.388 e. The minimum Gasteiger partial charge on any atom is -0.388 e. The van der Waals surface area contributed by atoms with E-state index >= 15 is 0 Å². The van der Waals surface area contributed by atoms with E-state index in [0.29, 0.717) is 0 Å². The van der Waals surface area contributed by atoms with Crippen LogP contribution in [0.4, 0.5) is 5.69 Å². The van der Waals surface area contributed by atoms with Crippen LogP contribution in [-0.2, 0) is 0 Å². The normalized spacial score (nSPS) is 10.6. The maximum Gasteiger partial charge on any atom is 0.0736 e. The zero-order valence-corrected chi connectivity index (χ0v) is 10.3. The Morgan fingerprint density at radius 3 is 3.00 bits per heavy atom. The van der Waals surface area contributed by atoms with E-state index in [1.165, 1.54) is 15.6 Å². The average molecular weight is 240 g/mol. The Morgan fingerprint density at radius 1 is 1.18 bits per heavy atom. The summed E-state index contributed by atoms with van der Waals surface area (Å²) in [5.41, 5.74) is 3.31. The van der Waals surface area contributed by atoms with Crippen LogP contribution in [0.5, 0.6) is 0 Å². The van der Waals surface area contributed by atoms with Crippen molar-refractivity contribution < 1.29 is 0 Å². The van der Waals surface area contributed by atoms with Gasteiger partial charge in [-0.3, -0.25) is 4.98 Å². The first-order valence-electron chi connectivity index (χ1n) is 5.49. The molecule has 0 unspecified atom stereocenters. The highest BCUT2D eigenvalue weighted by Crippen LogP contribution is 2.32. The number of hydrogen-bond acceptors (Lipinski definition) is 3. The summed E-state index contributed by atoms with van der Waals surface area (Å²) in [6.07, 6.45) is 1.84. The molecule has 1 aromatic carbocycles. The summed E-state index contributed by atoms with van der Waals surface area (Å²) < 4.78 is 1.30. The lowest BCUT2D eigenvalue weighted by atomic mass is 10.1. The number of pyridine rings is 1. The molecule has 0 saturated heterocycles. The van der Waals surface area contributed by atoms with Gasteiger partial charge in [-0.25, -0.2) is 0 Å². The molecule has 3 rings (SSSR count). The van der Waals surface area contributed by atoms with Crippen LogP contribution < -0.4 is 5.32 Å². The van der Waals surface area contributed by atoms with Gasteiger partial charge < -0.3 is 5.32 Å². The number of benzene rings is 1. The van der Waals surface area contributed by atoms with Crippen LogP contribution in [0, 0.1) is 0 Å². The summed E-state index contributed by atoms with van der Waals surface area (Å²) >= 11 is 1.76. The monoisotopic (exact) mass is 240 g/mol. The van der Waals surface area contributed by atoms with Crippen LogP contribution in [0.1, 0.15) is 0 Å². The SMILES string of the molecule is CNc1ccnc(-c2cccc3ccsc23)c1. The third kappa shape index (κ3) is 1.78. The zero-order chi connectivity index (χ0) is 11.7. The summed E-state index contributed by atoms with van der Waals surface area (Å²) in [5, 5.41) is 6.55. The van der Waals surface area contributed by atoms with E-state index in [9.17, 15) is 0 Å². The molecule has 2 nitrogen and oxygen atoms in total. The van der Waals surface area contributed by atoms with Gasteiger partial charge in [0.15, 0.2) is 0 Å². The van der Waals surface area contributed by atoms with Gasteiger partial charge in [0, 0.05) is 29.2 Å². The van der Waals surface area contributed by atoms with Crippen molar-refractivity contribution in [2.45, 2.75) is 0 Å². The molecule has 0 aliphatic carbocycles. The second-order valence-electron chi connectivity index (χ2n) is 3.82. The predicted molar refractivity (Wildman–Crippen MR) is 74.6 cm³/mol. The maximum absolute atomic E-state index is 4.45. The van der Waals surface area contributed by atoms with E-state index in [1.54, 1.807) is 11.3 Å². The Balaban J connectivity index is 2.23. The quantitative estimate of drug-likeness (QED) is 0.732. The molecule has 3 heteroatoms. The van der Waals surface area contributed by atoms with Crippen LogP contribution in [0.15, 0.2) is 48.0 Å². The molecular weight excluding hydrogens is 228 g/mol. The van der Waals surface area contributed by atoms with E-state index in [-0.39, 0.29) is 0 Å². The smallest absolute Gasteiger partial charge is 0.0736 e. The topological polar surface area (TPSA) is 24.9 Å². The van der Waals surface area contributed by atoms with E-state index in [0.717, 1.165) is 11.4 Å². The van der Waals surface area contributed by atoms with Crippen molar-refractivity contribution in [3.05, 3.63) is 48.0 Å². The maximum atomic E-state index is 4.45. The van der Waals surface area contributed by atoms with E-state index in [1.807, 2.05) is 19.3 Å². The summed E-state index contributed by atoms with van der Waals surface area (Å²) in [4.78, 5) is 4.45. The van der Waals surface area contributed by atoms with Crippen LogP contribution in [0.3, 0.4) is 0 Å². The Labute approximate surface area is 104 Å². The lowest BCUT2D eigenvalue weighted by molar-refractivity contribution is 1.32. The fourth-order valence-corrected chi connectivity index (χ4v) is 2.85. The number of anilines is 1. The van der Waals surface area contributed by atoms with Crippen molar-refractivity contribution in [2.75, 3.05) is 12.4 Å². The van der Waals surface area contributed by atoms with Crippen molar-refractivity contribution in [1.29, 1.82) is 0 Å². The Hall–Kier alpha value is -1.87. The van der Waals surface area contributed by atoms with E-state index in [2.05, 4.69) is 46.0 Å². The molecule has 0 radical (unpaired) electrons. The first kappa shape index (κ1) is 10.3. The van der Waals surface area contributed by atoms with Gasteiger partial charge in [0.25, 0.3) is 0 Å². The van der Waals surface area contributed by atoms with E-state index in [4.69, 9.17) is 0 Å². The summed E-state index contributed by atoms with van der Waals surface area (Å²) in [6.45, 7) is 0. The number of hydrogen-bond donors (Lipinski definition) is 1. The molecule has 0 atom stereocenters. The molecule has 0 aliphatic rings. The molecule has 0 amide bonds. The Bertz CT molecular complexity index is 658. The molecule has 2 heterocycles. The molecular formula is C14H12N2S. The average Bonchev–Trinajstić information content (AvgIpc) is 2.87. The molecule has 0 fully saturated rings.